The van der Waals surface area contributed by atoms with Crippen LogP contribution in [0.4, 0.5) is 11.4 Å². The van der Waals surface area contributed by atoms with E-state index in [-0.39, 0.29) is 11.5 Å². The van der Waals surface area contributed by atoms with Gasteiger partial charge < -0.3 is 9.47 Å². The van der Waals surface area contributed by atoms with Crippen molar-refractivity contribution in [1.29, 1.82) is 0 Å². The summed E-state index contributed by atoms with van der Waals surface area (Å²) in [4.78, 5) is 2.64. The van der Waals surface area contributed by atoms with E-state index in [1.807, 2.05) is 0 Å². The molecule has 280 valence electrons. The van der Waals surface area contributed by atoms with E-state index in [1.54, 1.807) is 0 Å². The molecule has 0 amide bonds. The lowest BCUT2D eigenvalue weighted by molar-refractivity contribution is 0.590. The zero-order valence-electron chi connectivity index (χ0n) is 33.3. The summed E-state index contributed by atoms with van der Waals surface area (Å²) in [5.74, 6) is 0. The van der Waals surface area contributed by atoms with Crippen molar-refractivity contribution in [3.8, 4) is 27.9 Å². The number of fused-ring (bicyclic) bond motifs is 4. The predicted octanol–water partition coefficient (Wildman–Crippen LogP) is 15.1. The van der Waals surface area contributed by atoms with Crippen LogP contribution in [-0.4, -0.2) is 10.6 Å². The van der Waals surface area contributed by atoms with Gasteiger partial charge in [-0.15, -0.1) is 0 Å². The molecule has 0 N–H and O–H groups in total. The van der Waals surface area contributed by atoms with Gasteiger partial charge in [-0.25, -0.2) is 0 Å². The van der Waals surface area contributed by atoms with Crippen molar-refractivity contribution >= 4 is 49.5 Å². The quantitative estimate of drug-likeness (QED) is 0.158. The summed E-state index contributed by atoms with van der Waals surface area (Å²) >= 11 is 0. The van der Waals surface area contributed by atoms with Crippen LogP contribution in [0.15, 0.2) is 206 Å². The van der Waals surface area contributed by atoms with Crippen LogP contribution >= 0.6 is 0 Å². The minimum Gasteiger partial charge on any atom is -0.333 e. The molecule has 1 atom stereocenters. The smallest absolute Gasteiger partial charge is 0.0632 e. The molecule has 1 unspecified atom stereocenters. The minimum atomic E-state index is -0.0160. The molecule has 0 saturated heterocycles. The van der Waals surface area contributed by atoms with Gasteiger partial charge in [-0.3, -0.25) is 0 Å². The SMILES string of the molecule is CC(C)(C)c1ccc(N(c2ccc3c4ccccc4n(-c4ccccc4)c3c2)C2CC=CC=C2c2cccc3cccc(-c4ccccc4)c23)c(-c2ccccc2)c1. The van der Waals surface area contributed by atoms with E-state index < -0.39 is 0 Å². The molecule has 0 saturated carbocycles. The zero-order valence-corrected chi connectivity index (χ0v) is 33.3. The van der Waals surface area contributed by atoms with Crippen molar-refractivity contribution in [2.45, 2.75) is 38.6 Å². The number of benzene rings is 8. The fourth-order valence-electron chi connectivity index (χ4n) is 9.08. The summed E-state index contributed by atoms with van der Waals surface area (Å²) in [6.07, 6.45) is 7.81. The first kappa shape index (κ1) is 35.5. The summed E-state index contributed by atoms with van der Waals surface area (Å²) in [6, 6.07) is 69.2. The molecule has 0 radical (unpaired) electrons. The maximum Gasteiger partial charge on any atom is 0.0632 e. The Morgan fingerprint density at radius 2 is 1.17 bits per heavy atom. The molecule has 8 aromatic carbocycles. The Bertz CT molecular complexity index is 2990. The van der Waals surface area contributed by atoms with E-state index in [2.05, 4.69) is 237 Å². The monoisotopic (exact) mass is 746 g/mol. The molecule has 2 heteroatoms. The molecule has 9 aromatic rings. The highest BCUT2D eigenvalue weighted by molar-refractivity contribution is 6.11. The third kappa shape index (κ3) is 6.22. The van der Waals surface area contributed by atoms with Crippen LogP contribution in [0.5, 0.6) is 0 Å². The average Bonchev–Trinajstić information content (AvgIpc) is 3.60. The summed E-state index contributed by atoms with van der Waals surface area (Å²) < 4.78 is 2.43. The Labute approximate surface area is 341 Å². The molecule has 0 spiro atoms. The van der Waals surface area contributed by atoms with Crippen molar-refractivity contribution < 1.29 is 0 Å². The molecular weight excluding hydrogens is 701 g/mol. The van der Waals surface area contributed by atoms with E-state index in [0.717, 1.165) is 17.8 Å². The lowest BCUT2D eigenvalue weighted by Gasteiger charge is -2.38. The topological polar surface area (TPSA) is 8.17 Å². The molecule has 0 aliphatic heterocycles. The first-order valence-corrected chi connectivity index (χ1v) is 20.5. The Hall–Kier alpha value is -6.90. The summed E-state index contributed by atoms with van der Waals surface area (Å²) in [6.45, 7) is 6.92. The van der Waals surface area contributed by atoms with Gasteiger partial charge in [0, 0.05) is 33.4 Å². The van der Waals surface area contributed by atoms with E-state index in [4.69, 9.17) is 0 Å². The van der Waals surface area contributed by atoms with Crippen LogP contribution in [0.3, 0.4) is 0 Å². The second-order valence-corrected chi connectivity index (χ2v) is 16.5. The fraction of sp³-hybridized carbons (Fsp3) is 0.107. The molecule has 0 bridgehead atoms. The molecule has 2 nitrogen and oxygen atoms in total. The van der Waals surface area contributed by atoms with Gasteiger partial charge in [-0.2, -0.15) is 0 Å². The number of rotatable bonds is 7. The average molecular weight is 747 g/mol. The van der Waals surface area contributed by atoms with Gasteiger partial charge in [-0.1, -0.05) is 185 Å². The van der Waals surface area contributed by atoms with Gasteiger partial charge in [0.1, 0.15) is 0 Å². The predicted molar refractivity (Wildman–Crippen MR) is 248 cm³/mol. The number of allylic oxidation sites excluding steroid dienone is 2. The zero-order chi connectivity index (χ0) is 39.2. The van der Waals surface area contributed by atoms with Gasteiger partial charge in [0.05, 0.1) is 17.1 Å². The normalized spacial score (nSPS) is 14.3. The number of hydrogen-bond donors (Lipinski definition) is 0. The Balaban J connectivity index is 1.26. The van der Waals surface area contributed by atoms with Gasteiger partial charge >= 0.3 is 0 Å². The van der Waals surface area contributed by atoms with E-state index in [1.165, 1.54) is 77.2 Å². The van der Waals surface area contributed by atoms with Gasteiger partial charge in [0.2, 0.25) is 0 Å². The Kier molecular flexibility index (Phi) is 8.91. The number of anilines is 2. The first-order chi connectivity index (χ1) is 28.4. The number of aromatic nitrogens is 1. The van der Waals surface area contributed by atoms with Crippen molar-refractivity contribution in [1.82, 2.24) is 4.57 Å². The van der Waals surface area contributed by atoms with Crippen molar-refractivity contribution in [2.75, 3.05) is 4.90 Å². The first-order valence-electron chi connectivity index (χ1n) is 20.5. The molecule has 58 heavy (non-hydrogen) atoms. The Morgan fingerprint density at radius 3 is 1.90 bits per heavy atom. The molecule has 0 fully saturated rings. The number of nitrogens with zero attached hydrogens (tertiary/aromatic N) is 2. The van der Waals surface area contributed by atoms with Crippen molar-refractivity contribution in [3.63, 3.8) is 0 Å². The molecule has 1 aromatic heterocycles. The van der Waals surface area contributed by atoms with Crippen LogP contribution < -0.4 is 4.90 Å². The Morgan fingerprint density at radius 1 is 0.534 bits per heavy atom. The highest BCUT2D eigenvalue weighted by atomic mass is 15.2. The number of hydrogen-bond acceptors (Lipinski definition) is 1. The third-order valence-corrected chi connectivity index (χ3v) is 11.9. The number of para-hydroxylation sites is 2. The molecule has 1 aliphatic carbocycles. The van der Waals surface area contributed by atoms with E-state index in [0.29, 0.717) is 0 Å². The largest absolute Gasteiger partial charge is 0.333 e. The van der Waals surface area contributed by atoms with Gasteiger partial charge in [-0.05, 0) is 98.5 Å². The maximum atomic E-state index is 2.64. The second-order valence-electron chi connectivity index (χ2n) is 16.5. The van der Waals surface area contributed by atoms with Crippen LogP contribution in [0.2, 0.25) is 0 Å². The van der Waals surface area contributed by atoms with Crippen LogP contribution in [0, 0.1) is 0 Å². The van der Waals surface area contributed by atoms with Crippen molar-refractivity contribution in [3.05, 3.63) is 217 Å². The lowest BCUT2D eigenvalue weighted by atomic mass is 9.83. The second kappa shape index (κ2) is 14.6. The summed E-state index contributed by atoms with van der Waals surface area (Å²) in [7, 11) is 0. The van der Waals surface area contributed by atoms with E-state index >= 15 is 0 Å². The van der Waals surface area contributed by atoms with Gasteiger partial charge in [0.15, 0.2) is 0 Å². The van der Waals surface area contributed by atoms with E-state index in [9.17, 15) is 0 Å². The van der Waals surface area contributed by atoms with Crippen molar-refractivity contribution in [2.24, 2.45) is 0 Å². The van der Waals surface area contributed by atoms with Crippen LogP contribution in [-0.2, 0) is 5.41 Å². The van der Waals surface area contributed by atoms with Crippen LogP contribution in [0.1, 0.15) is 38.3 Å². The fourth-order valence-corrected chi connectivity index (χ4v) is 9.08. The lowest BCUT2D eigenvalue weighted by Crippen LogP contribution is -2.33. The summed E-state index contributed by atoms with van der Waals surface area (Å²) in [5.41, 5.74) is 14.7. The maximum absolute atomic E-state index is 2.64. The van der Waals surface area contributed by atoms with Crippen LogP contribution in [0.25, 0.3) is 66.1 Å². The molecule has 1 heterocycles. The molecule has 1 aliphatic rings. The van der Waals surface area contributed by atoms with Gasteiger partial charge in [0.25, 0.3) is 0 Å². The highest BCUT2D eigenvalue weighted by Gasteiger charge is 2.31. The highest BCUT2D eigenvalue weighted by Crippen LogP contribution is 2.46. The standard InChI is InChI=1S/C56H46N2/c1-56(2,3)42-33-36-53(50(37-42)40-21-9-5-10-22-40)58(44-34-35-48-46-27-13-15-31-51(46)57(54(48)38-44)43-25-11-6-12-26-43)52-32-16-14-28-47(52)49-30-18-24-41-23-17-29-45(55(41)49)39-19-7-4-8-20-39/h4-31,33-38,52H,32H2,1-3H3. The minimum absolute atomic E-state index is 0.00520. The molecular formula is C56H46N2. The third-order valence-electron chi connectivity index (χ3n) is 11.9. The summed E-state index contributed by atoms with van der Waals surface area (Å²) in [5, 5.41) is 5.03. The molecule has 10 rings (SSSR count).